The van der Waals surface area contributed by atoms with Crippen molar-refractivity contribution in [3.05, 3.63) is 50.9 Å². The van der Waals surface area contributed by atoms with Crippen LogP contribution in [0.25, 0.3) is 0 Å². The molecule has 8 nitrogen and oxygen atoms in total. The van der Waals surface area contributed by atoms with E-state index < -0.39 is 0 Å². The van der Waals surface area contributed by atoms with Crippen molar-refractivity contribution < 1.29 is 9.53 Å². The highest BCUT2D eigenvalue weighted by molar-refractivity contribution is 7.98. The summed E-state index contributed by atoms with van der Waals surface area (Å²) in [6.45, 7) is 6.69. The number of methoxy groups -OCH3 is 1. The first kappa shape index (κ1) is 22.3. The van der Waals surface area contributed by atoms with Crippen LogP contribution in [0.15, 0.2) is 33.5 Å². The first-order valence-electron chi connectivity index (χ1n) is 9.50. The number of nitrogens with one attached hydrogen (secondary N) is 1. The maximum absolute atomic E-state index is 12.4. The van der Waals surface area contributed by atoms with Gasteiger partial charge in [-0.25, -0.2) is 14.9 Å². The minimum Gasteiger partial charge on any atom is -0.385 e. The second-order valence-corrected chi connectivity index (χ2v) is 8.57. The Morgan fingerprint density at radius 3 is 2.90 bits per heavy atom. The van der Waals surface area contributed by atoms with Crippen LogP contribution in [0.1, 0.15) is 30.2 Å². The smallest absolute Gasteiger partial charge is 0.343 e. The van der Waals surface area contributed by atoms with Crippen LogP contribution in [0, 0.1) is 13.8 Å². The molecular formula is C20H25N5O3S2. The van der Waals surface area contributed by atoms with E-state index in [1.807, 2.05) is 37.4 Å². The van der Waals surface area contributed by atoms with Gasteiger partial charge >= 0.3 is 5.69 Å². The van der Waals surface area contributed by atoms with Crippen molar-refractivity contribution in [2.45, 2.75) is 44.6 Å². The highest BCUT2D eigenvalue weighted by atomic mass is 32.2. The number of thioether (sulfide) groups is 1. The quantitative estimate of drug-likeness (QED) is 0.397. The Hall–Kier alpha value is -2.43. The largest absolute Gasteiger partial charge is 0.385 e. The molecule has 1 amide bonds. The van der Waals surface area contributed by atoms with E-state index in [2.05, 4.69) is 15.2 Å². The van der Waals surface area contributed by atoms with E-state index in [1.54, 1.807) is 23.5 Å². The summed E-state index contributed by atoms with van der Waals surface area (Å²) in [5, 5.41) is 9.78. The van der Waals surface area contributed by atoms with Gasteiger partial charge in [-0.05, 0) is 37.5 Å². The summed E-state index contributed by atoms with van der Waals surface area (Å²) >= 11 is 2.86. The fourth-order valence-corrected chi connectivity index (χ4v) is 4.82. The number of carbonyl (C=O) groups excluding carboxylic acids is 1. The molecule has 0 aliphatic rings. The molecule has 160 valence electrons. The third kappa shape index (κ3) is 5.00. The lowest BCUT2D eigenvalue weighted by molar-refractivity contribution is -0.115. The molecule has 10 heteroatoms. The molecule has 0 atom stereocenters. The average molecular weight is 448 g/mol. The van der Waals surface area contributed by atoms with E-state index in [-0.39, 0.29) is 11.6 Å². The number of thiazole rings is 1. The molecule has 3 rings (SSSR count). The van der Waals surface area contributed by atoms with Crippen molar-refractivity contribution in [1.82, 2.24) is 19.7 Å². The van der Waals surface area contributed by atoms with Crippen LogP contribution in [0.2, 0.25) is 0 Å². The Kier molecular flexibility index (Phi) is 7.46. The van der Waals surface area contributed by atoms with E-state index in [9.17, 15) is 9.59 Å². The summed E-state index contributed by atoms with van der Waals surface area (Å²) in [5.41, 5.74) is 3.61. The van der Waals surface area contributed by atoms with Crippen molar-refractivity contribution in [2.75, 3.05) is 18.6 Å². The zero-order valence-electron chi connectivity index (χ0n) is 17.5. The number of anilines is 2. The molecule has 0 radical (unpaired) electrons. The number of hydrogen-bond acceptors (Lipinski definition) is 7. The fourth-order valence-electron chi connectivity index (χ4n) is 2.97. The van der Waals surface area contributed by atoms with E-state index in [0.717, 1.165) is 28.9 Å². The molecule has 0 saturated carbocycles. The van der Waals surface area contributed by atoms with E-state index >= 15 is 0 Å². The monoisotopic (exact) mass is 447 g/mol. The first-order valence-corrected chi connectivity index (χ1v) is 11.4. The highest BCUT2D eigenvalue weighted by Crippen LogP contribution is 2.33. The first-order chi connectivity index (χ1) is 14.4. The minimum atomic E-state index is -0.231. The van der Waals surface area contributed by atoms with Gasteiger partial charge in [0.25, 0.3) is 0 Å². The second-order valence-electron chi connectivity index (χ2n) is 6.79. The van der Waals surface area contributed by atoms with E-state index in [1.165, 1.54) is 23.1 Å². The number of carbonyl (C=O) groups is 1. The van der Waals surface area contributed by atoms with E-state index in [0.29, 0.717) is 29.2 Å². The molecule has 0 fully saturated rings. The number of ether oxygens (including phenoxy) is 1. The second kappa shape index (κ2) is 10.1. The van der Waals surface area contributed by atoms with Crippen LogP contribution >= 0.6 is 23.1 Å². The Bertz CT molecular complexity index is 1070. The number of rotatable bonds is 9. The SMILES string of the molecule is COCCCn1c(SCc2csc(N(C(C)=O)c3cccc(C)c3C)n2)n[nH]c1=O. The Morgan fingerprint density at radius 1 is 1.37 bits per heavy atom. The van der Waals surface area contributed by atoms with Gasteiger partial charge in [-0.15, -0.1) is 16.4 Å². The van der Waals surface area contributed by atoms with Crippen LogP contribution in [-0.4, -0.2) is 39.4 Å². The normalized spacial score (nSPS) is 11.1. The molecule has 1 aromatic carbocycles. The van der Waals surface area contributed by atoms with Gasteiger partial charge < -0.3 is 4.74 Å². The Labute approximate surface area is 183 Å². The van der Waals surface area contributed by atoms with Gasteiger partial charge in [0.05, 0.1) is 11.4 Å². The molecule has 0 saturated heterocycles. The highest BCUT2D eigenvalue weighted by Gasteiger charge is 2.20. The van der Waals surface area contributed by atoms with Gasteiger partial charge in [-0.3, -0.25) is 14.3 Å². The maximum Gasteiger partial charge on any atom is 0.343 e. The summed E-state index contributed by atoms with van der Waals surface area (Å²) in [6.07, 6.45) is 0.730. The molecule has 0 bridgehead atoms. The van der Waals surface area contributed by atoms with Crippen molar-refractivity contribution in [1.29, 1.82) is 0 Å². The number of amides is 1. The molecule has 0 aliphatic heterocycles. The van der Waals surface area contributed by atoms with Crippen LogP contribution < -0.4 is 10.6 Å². The summed E-state index contributed by atoms with van der Waals surface area (Å²) in [5.74, 6) is 0.459. The standard InChI is InChI=1S/C20H25N5O3S2/c1-13-7-5-8-17(14(13)2)25(15(3)26)19-21-16(11-29-19)12-30-20-23-22-18(27)24(20)9-6-10-28-4/h5,7-8,11H,6,9-10,12H2,1-4H3,(H,22,27). The van der Waals surface area contributed by atoms with Crippen molar-refractivity contribution in [3.8, 4) is 0 Å². The van der Waals surface area contributed by atoms with Gasteiger partial charge in [-0.2, -0.15) is 0 Å². The Balaban J connectivity index is 1.76. The predicted octanol–water partition coefficient (Wildman–Crippen LogP) is 3.66. The fraction of sp³-hybridized carbons (Fsp3) is 0.400. The van der Waals surface area contributed by atoms with Crippen LogP contribution in [-0.2, 0) is 21.8 Å². The summed E-state index contributed by atoms with van der Waals surface area (Å²) < 4.78 is 6.66. The number of benzene rings is 1. The van der Waals surface area contributed by atoms with Crippen LogP contribution in [0.5, 0.6) is 0 Å². The van der Waals surface area contributed by atoms with Gasteiger partial charge in [0.2, 0.25) is 5.91 Å². The summed E-state index contributed by atoms with van der Waals surface area (Å²) in [4.78, 5) is 30.7. The van der Waals surface area contributed by atoms with E-state index in [4.69, 9.17) is 4.74 Å². The molecule has 2 heterocycles. The third-order valence-electron chi connectivity index (χ3n) is 4.67. The lowest BCUT2D eigenvalue weighted by Crippen LogP contribution is -2.23. The van der Waals surface area contributed by atoms with Gasteiger partial charge in [0.15, 0.2) is 10.3 Å². The van der Waals surface area contributed by atoms with Crippen molar-refractivity contribution in [2.24, 2.45) is 0 Å². The lowest BCUT2D eigenvalue weighted by Gasteiger charge is -2.21. The molecule has 0 spiro atoms. The molecule has 0 unspecified atom stereocenters. The maximum atomic E-state index is 12.4. The molecule has 1 N–H and O–H groups in total. The lowest BCUT2D eigenvalue weighted by atomic mass is 10.1. The predicted molar refractivity (Wildman–Crippen MR) is 120 cm³/mol. The number of aromatic nitrogens is 4. The molecule has 2 aromatic heterocycles. The van der Waals surface area contributed by atoms with Gasteiger partial charge in [-0.1, -0.05) is 23.9 Å². The topological polar surface area (TPSA) is 93.1 Å². The molecular weight excluding hydrogens is 422 g/mol. The Morgan fingerprint density at radius 2 is 2.17 bits per heavy atom. The number of H-pyrrole nitrogens is 1. The number of aromatic amines is 1. The summed E-state index contributed by atoms with van der Waals surface area (Å²) in [6, 6.07) is 5.90. The van der Waals surface area contributed by atoms with Gasteiger partial charge in [0, 0.05) is 38.3 Å². The average Bonchev–Trinajstić information content (AvgIpc) is 3.31. The van der Waals surface area contributed by atoms with Crippen LogP contribution in [0.4, 0.5) is 10.8 Å². The van der Waals surface area contributed by atoms with Crippen LogP contribution in [0.3, 0.4) is 0 Å². The molecule has 3 aromatic rings. The minimum absolute atomic E-state index is 0.0865. The molecule has 30 heavy (non-hydrogen) atoms. The van der Waals surface area contributed by atoms with Crippen molar-refractivity contribution >= 4 is 39.8 Å². The molecule has 0 aliphatic carbocycles. The number of aryl methyl sites for hydroxylation is 1. The summed E-state index contributed by atoms with van der Waals surface area (Å²) in [7, 11) is 1.64. The van der Waals surface area contributed by atoms with Gasteiger partial charge in [0.1, 0.15) is 0 Å². The van der Waals surface area contributed by atoms with Crippen molar-refractivity contribution in [3.63, 3.8) is 0 Å². The zero-order chi connectivity index (χ0) is 21.7. The number of nitrogens with zero attached hydrogens (tertiary/aromatic N) is 4. The zero-order valence-corrected chi connectivity index (χ0v) is 19.1. The third-order valence-corrected chi connectivity index (χ3v) is 6.55. The number of hydrogen-bond donors (Lipinski definition) is 1.